The number of carbonyl (C=O) groups is 2. The highest BCUT2D eigenvalue weighted by Gasteiger charge is 2.39. The number of hydrogen-bond acceptors (Lipinski definition) is 3. The van der Waals surface area contributed by atoms with E-state index in [2.05, 4.69) is 0 Å². The molecule has 164 valence electrons. The van der Waals surface area contributed by atoms with E-state index in [4.69, 9.17) is 4.74 Å². The van der Waals surface area contributed by atoms with Gasteiger partial charge in [-0.3, -0.25) is 9.59 Å². The van der Waals surface area contributed by atoms with Crippen LogP contribution in [0.25, 0.3) is 0 Å². The maximum atomic E-state index is 13.1. The van der Waals surface area contributed by atoms with E-state index in [9.17, 15) is 9.59 Å². The number of piperazine rings is 1. The normalized spacial score (nSPS) is 20.7. The Hall–Kier alpha value is -2.86. The lowest BCUT2D eigenvalue weighted by Crippen LogP contribution is -3.15. The van der Waals surface area contributed by atoms with Gasteiger partial charge in [0.2, 0.25) is 11.8 Å². The van der Waals surface area contributed by atoms with Gasteiger partial charge in [-0.25, -0.2) is 0 Å². The summed E-state index contributed by atoms with van der Waals surface area (Å²) in [5, 5.41) is 0. The van der Waals surface area contributed by atoms with Crippen molar-refractivity contribution >= 4 is 11.8 Å². The summed E-state index contributed by atoms with van der Waals surface area (Å²) < 4.78 is 5.80. The van der Waals surface area contributed by atoms with Crippen molar-refractivity contribution in [2.75, 3.05) is 45.9 Å². The summed E-state index contributed by atoms with van der Waals surface area (Å²) in [5.41, 5.74) is 1.11. The molecule has 1 N–H and O–H groups in total. The summed E-state index contributed by atoms with van der Waals surface area (Å²) in [6.07, 6.45) is 0.327. The van der Waals surface area contributed by atoms with Crippen molar-refractivity contribution in [3.63, 3.8) is 0 Å². The second-order valence-electron chi connectivity index (χ2n) is 8.52. The SMILES string of the molecule is C[C@H](c1ccccc1)N1C[C@H](C(=O)N2CC[NH+](CCOc3ccccc3)CC2)CC1=O. The molecule has 0 aliphatic carbocycles. The van der Waals surface area contributed by atoms with Gasteiger partial charge in [0.15, 0.2) is 0 Å². The molecule has 2 heterocycles. The molecule has 0 aromatic heterocycles. The van der Waals surface area contributed by atoms with Crippen molar-refractivity contribution in [3.05, 3.63) is 66.2 Å². The monoisotopic (exact) mass is 422 g/mol. The molecule has 0 unspecified atom stereocenters. The Morgan fingerprint density at radius 3 is 2.39 bits per heavy atom. The number of hydrogen-bond donors (Lipinski definition) is 1. The number of nitrogens with one attached hydrogen (secondary N) is 1. The summed E-state index contributed by atoms with van der Waals surface area (Å²) in [4.78, 5) is 31.0. The van der Waals surface area contributed by atoms with E-state index in [1.165, 1.54) is 4.90 Å². The van der Waals surface area contributed by atoms with Gasteiger partial charge >= 0.3 is 0 Å². The van der Waals surface area contributed by atoms with Gasteiger partial charge < -0.3 is 19.4 Å². The highest BCUT2D eigenvalue weighted by molar-refractivity contribution is 5.89. The van der Waals surface area contributed by atoms with Gasteiger partial charge in [-0.1, -0.05) is 48.5 Å². The molecule has 2 atom stereocenters. The van der Waals surface area contributed by atoms with E-state index in [-0.39, 0.29) is 23.8 Å². The first kappa shape index (κ1) is 21.4. The molecular weight excluding hydrogens is 390 g/mol. The minimum atomic E-state index is -0.221. The minimum Gasteiger partial charge on any atom is -0.488 e. The molecule has 2 aliphatic rings. The van der Waals surface area contributed by atoms with Crippen LogP contribution in [0.4, 0.5) is 0 Å². The number of likely N-dealkylation sites (tertiary alicyclic amines) is 1. The maximum Gasteiger partial charge on any atom is 0.228 e. The fraction of sp³-hybridized carbons (Fsp3) is 0.440. The zero-order valence-electron chi connectivity index (χ0n) is 18.2. The van der Waals surface area contributed by atoms with Crippen LogP contribution in [-0.4, -0.2) is 67.5 Å². The Bertz CT molecular complexity index is 866. The van der Waals surface area contributed by atoms with Crippen molar-refractivity contribution in [2.45, 2.75) is 19.4 Å². The summed E-state index contributed by atoms with van der Waals surface area (Å²) in [6, 6.07) is 19.9. The third-order valence-corrected chi connectivity index (χ3v) is 6.51. The molecule has 2 fully saturated rings. The van der Waals surface area contributed by atoms with Crippen LogP contribution in [0.5, 0.6) is 5.75 Å². The smallest absolute Gasteiger partial charge is 0.228 e. The van der Waals surface area contributed by atoms with E-state index in [1.807, 2.05) is 77.4 Å². The first-order valence-electron chi connectivity index (χ1n) is 11.3. The van der Waals surface area contributed by atoms with E-state index in [0.717, 1.165) is 44.0 Å². The molecule has 31 heavy (non-hydrogen) atoms. The number of carbonyl (C=O) groups excluding carboxylic acids is 2. The van der Waals surface area contributed by atoms with Gasteiger partial charge in [-0.2, -0.15) is 0 Å². The third kappa shape index (κ3) is 5.25. The number of quaternary nitrogens is 1. The van der Waals surface area contributed by atoms with Gasteiger partial charge in [0.05, 0.1) is 38.1 Å². The predicted octanol–water partition coefficient (Wildman–Crippen LogP) is 1.40. The molecule has 2 aliphatic heterocycles. The van der Waals surface area contributed by atoms with E-state index in [0.29, 0.717) is 19.6 Å². The molecule has 0 spiro atoms. The fourth-order valence-corrected chi connectivity index (χ4v) is 4.56. The maximum absolute atomic E-state index is 13.1. The molecule has 2 aromatic carbocycles. The lowest BCUT2D eigenvalue weighted by molar-refractivity contribution is -0.904. The second kappa shape index (κ2) is 9.96. The van der Waals surface area contributed by atoms with Crippen LogP contribution in [0, 0.1) is 5.92 Å². The van der Waals surface area contributed by atoms with Gasteiger partial charge in [-0.15, -0.1) is 0 Å². The average Bonchev–Trinajstić information content (AvgIpc) is 3.21. The Kier molecular flexibility index (Phi) is 6.87. The first-order chi connectivity index (χ1) is 15.1. The van der Waals surface area contributed by atoms with Gasteiger partial charge in [0, 0.05) is 13.0 Å². The van der Waals surface area contributed by atoms with Gasteiger partial charge in [0.1, 0.15) is 18.9 Å². The highest BCUT2D eigenvalue weighted by Crippen LogP contribution is 2.29. The van der Waals surface area contributed by atoms with Crippen molar-refractivity contribution in [2.24, 2.45) is 5.92 Å². The van der Waals surface area contributed by atoms with Crippen LogP contribution in [0.15, 0.2) is 60.7 Å². The molecule has 6 heteroatoms. The number of benzene rings is 2. The molecular formula is C25H32N3O3+. The van der Waals surface area contributed by atoms with Crippen molar-refractivity contribution in [1.82, 2.24) is 9.80 Å². The number of nitrogens with zero attached hydrogens (tertiary/aromatic N) is 2. The number of ether oxygens (including phenoxy) is 1. The van der Waals surface area contributed by atoms with Crippen LogP contribution < -0.4 is 9.64 Å². The summed E-state index contributed by atoms with van der Waals surface area (Å²) in [7, 11) is 0. The molecule has 2 amide bonds. The highest BCUT2D eigenvalue weighted by atomic mass is 16.5. The zero-order valence-corrected chi connectivity index (χ0v) is 18.2. The molecule has 2 aromatic rings. The number of para-hydroxylation sites is 1. The third-order valence-electron chi connectivity index (χ3n) is 6.51. The molecule has 0 saturated carbocycles. The number of rotatable bonds is 7. The van der Waals surface area contributed by atoms with Gasteiger partial charge in [-0.05, 0) is 24.6 Å². The van der Waals surface area contributed by atoms with Crippen LogP contribution in [-0.2, 0) is 9.59 Å². The van der Waals surface area contributed by atoms with Crippen LogP contribution in [0.1, 0.15) is 24.9 Å². The topological polar surface area (TPSA) is 54.3 Å². The average molecular weight is 423 g/mol. The molecule has 2 saturated heterocycles. The Labute approximate surface area is 184 Å². The Morgan fingerprint density at radius 2 is 1.71 bits per heavy atom. The molecule has 4 rings (SSSR count). The van der Waals surface area contributed by atoms with Crippen LogP contribution in [0.3, 0.4) is 0 Å². The largest absolute Gasteiger partial charge is 0.488 e. The van der Waals surface area contributed by atoms with Crippen LogP contribution in [0.2, 0.25) is 0 Å². The van der Waals surface area contributed by atoms with Crippen molar-refractivity contribution < 1.29 is 19.2 Å². The zero-order chi connectivity index (χ0) is 21.6. The lowest BCUT2D eigenvalue weighted by Gasteiger charge is -2.33. The quantitative estimate of drug-likeness (QED) is 0.734. The Morgan fingerprint density at radius 1 is 1.06 bits per heavy atom. The van der Waals surface area contributed by atoms with Crippen molar-refractivity contribution in [3.8, 4) is 5.75 Å². The molecule has 0 radical (unpaired) electrons. The summed E-state index contributed by atoms with van der Waals surface area (Å²) in [6.45, 7) is 7.52. The van der Waals surface area contributed by atoms with Crippen molar-refractivity contribution in [1.29, 1.82) is 0 Å². The molecule has 0 bridgehead atoms. The number of amides is 2. The lowest BCUT2D eigenvalue weighted by atomic mass is 10.1. The Balaban J connectivity index is 1.23. The predicted molar refractivity (Wildman–Crippen MR) is 119 cm³/mol. The van der Waals surface area contributed by atoms with Gasteiger partial charge in [0.25, 0.3) is 0 Å². The van der Waals surface area contributed by atoms with E-state index >= 15 is 0 Å². The van der Waals surface area contributed by atoms with E-state index < -0.39 is 0 Å². The summed E-state index contributed by atoms with van der Waals surface area (Å²) >= 11 is 0. The first-order valence-corrected chi connectivity index (χ1v) is 11.3. The minimum absolute atomic E-state index is 0.00240. The second-order valence-corrected chi connectivity index (χ2v) is 8.52. The van der Waals surface area contributed by atoms with Crippen LogP contribution >= 0.6 is 0 Å². The fourth-order valence-electron chi connectivity index (χ4n) is 4.56. The summed E-state index contributed by atoms with van der Waals surface area (Å²) in [5.74, 6) is 0.894. The standard InChI is InChI=1S/C25H31N3O3/c1-20(21-8-4-2-5-9-21)28-19-22(18-24(28)29)25(30)27-14-12-26(13-15-27)16-17-31-23-10-6-3-7-11-23/h2-11,20,22H,12-19H2,1H3/p+1/t20-,22-/m1/s1. The van der Waals surface area contributed by atoms with E-state index in [1.54, 1.807) is 0 Å². The molecule has 6 nitrogen and oxygen atoms in total.